The van der Waals surface area contributed by atoms with Crippen molar-refractivity contribution in [1.29, 1.82) is 0 Å². The Bertz CT molecular complexity index is 697. The number of likely N-dealkylation sites (N-methyl/N-ethyl adjacent to an activating group) is 1. The van der Waals surface area contributed by atoms with Gasteiger partial charge in [-0.2, -0.15) is 0 Å². The molecule has 104 valence electrons. The molecular weight excluding hydrogens is 256 g/mol. The standard InChI is InChI=1S/C15H16N2O3/c1-17-7-6-11-10(8-17)13(15(19)20-2)9-4-3-5-12(18)14(9)16-11/h3-5,18H,6-8H2,1-2H3. The highest BCUT2D eigenvalue weighted by atomic mass is 16.5. The van der Waals surface area contributed by atoms with E-state index in [1.165, 1.54) is 7.11 Å². The van der Waals surface area contributed by atoms with Crippen molar-refractivity contribution < 1.29 is 14.6 Å². The Morgan fingerprint density at radius 2 is 2.25 bits per heavy atom. The topological polar surface area (TPSA) is 62.7 Å². The predicted octanol–water partition coefficient (Wildman–Crippen LogP) is 1.71. The highest BCUT2D eigenvalue weighted by molar-refractivity contribution is 6.06. The largest absolute Gasteiger partial charge is 0.506 e. The fourth-order valence-electron chi connectivity index (χ4n) is 2.72. The van der Waals surface area contributed by atoms with Gasteiger partial charge in [-0.15, -0.1) is 0 Å². The Morgan fingerprint density at radius 1 is 1.45 bits per heavy atom. The van der Waals surface area contributed by atoms with Crippen LogP contribution in [0.2, 0.25) is 0 Å². The number of phenolic OH excluding ortho intramolecular Hbond substituents is 1. The summed E-state index contributed by atoms with van der Waals surface area (Å²) in [6.07, 6.45) is 0.764. The summed E-state index contributed by atoms with van der Waals surface area (Å²) in [7, 11) is 3.38. The molecule has 1 N–H and O–H groups in total. The van der Waals surface area contributed by atoms with Gasteiger partial charge in [0.05, 0.1) is 12.7 Å². The zero-order chi connectivity index (χ0) is 14.3. The van der Waals surface area contributed by atoms with Gasteiger partial charge in [0.2, 0.25) is 0 Å². The van der Waals surface area contributed by atoms with E-state index in [-0.39, 0.29) is 11.7 Å². The van der Waals surface area contributed by atoms with Crippen LogP contribution in [0.15, 0.2) is 18.2 Å². The van der Waals surface area contributed by atoms with Gasteiger partial charge in [-0.1, -0.05) is 12.1 Å². The van der Waals surface area contributed by atoms with Crippen molar-refractivity contribution in [2.45, 2.75) is 13.0 Å². The minimum absolute atomic E-state index is 0.0920. The van der Waals surface area contributed by atoms with E-state index < -0.39 is 0 Å². The van der Waals surface area contributed by atoms with Crippen LogP contribution in [-0.2, 0) is 17.7 Å². The Labute approximate surface area is 116 Å². The summed E-state index contributed by atoms with van der Waals surface area (Å²) in [6.45, 7) is 1.55. The van der Waals surface area contributed by atoms with E-state index in [9.17, 15) is 9.90 Å². The summed E-state index contributed by atoms with van der Waals surface area (Å²) in [5, 5.41) is 10.6. The van der Waals surface area contributed by atoms with Crippen molar-refractivity contribution >= 4 is 16.9 Å². The quantitative estimate of drug-likeness (QED) is 0.801. The van der Waals surface area contributed by atoms with E-state index in [0.717, 1.165) is 24.2 Å². The van der Waals surface area contributed by atoms with Crippen molar-refractivity contribution in [2.24, 2.45) is 0 Å². The number of nitrogens with zero attached hydrogens (tertiary/aromatic N) is 2. The lowest BCUT2D eigenvalue weighted by Gasteiger charge is -2.26. The van der Waals surface area contributed by atoms with Crippen molar-refractivity contribution in [3.05, 3.63) is 35.0 Å². The van der Waals surface area contributed by atoms with Gasteiger partial charge < -0.3 is 14.7 Å². The average Bonchev–Trinajstić information content (AvgIpc) is 2.45. The molecule has 0 spiro atoms. The molecule has 0 bridgehead atoms. The van der Waals surface area contributed by atoms with Gasteiger partial charge in [-0.05, 0) is 13.1 Å². The molecule has 5 nitrogen and oxygen atoms in total. The van der Waals surface area contributed by atoms with E-state index >= 15 is 0 Å². The first kappa shape index (κ1) is 12.9. The van der Waals surface area contributed by atoms with Crippen LogP contribution < -0.4 is 0 Å². The number of fused-ring (bicyclic) bond motifs is 2. The molecule has 0 radical (unpaired) electrons. The highest BCUT2D eigenvalue weighted by Gasteiger charge is 2.25. The van der Waals surface area contributed by atoms with Crippen LogP contribution in [0.4, 0.5) is 0 Å². The third kappa shape index (κ3) is 1.91. The number of benzene rings is 1. The maximum Gasteiger partial charge on any atom is 0.338 e. The molecule has 3 rings (SSSR count). The van der Waals surface area contributed by atoms with E-state index in [0.29, 0.717) is 23.0 Å². The number of methoxy groups -OCH3 is 1. The van der Waals surface area contributed by atoms with Crippen molar-refractivity contribution in [3.63, 3.8) is 0 Å². The number of carbonyl (C=O) groups is 1. The lowest BCUT2D eigenvalue weighted by atomic mass is 9.96. The van der Waals surface area contributed by atoms with E-state index in [2.05, 4.69) is 9.88 Å². The number of ether oxygens (including phenoxy) is 1. The summed E-state index contributed by atoms with van der Waals surface area (Å²) in [4.78, 5) is 18.9. The highest BCUT2D eigenvalue weighted by Crippen LogP contribution is 2.32. The molecule has 1 aromatic carbocycles. The normalized spacial score (nSPS) is 15.1. The molecule has 1 aliphatic rings. The van der Waals surface area contributed by atoms with E-state index in [4.69, 9.17) is 4.74 Å². The van der Waals surface area contributed by atoms with Gasteiger partial charge in [0, 0.05) is 36.2 Å². The molecule has 0 saturated heterocycles. The molecule has 2 heterocycles. The third-order valence-corrected chi connectivity index (χ3v) is 3.73. The minimum Gasteiger partial charge on any atom is -0.506 e. The zero-order valence-corrected chi connectivity index (χ0v) is 11.5. The first-order valence-corrected chi connectivity index (χ1v) is 6.52. The number of carbonyl (C=O) groups excluding carboxylic acids is 1. The summed E-state index contributed by atoms with van der Waals surface area (Å²) in [6, 6.07) is 5.09. The number of rotatable bonds is 1. The van der Waals surface area contributed by atoms with Gasteiger partial charge in [0.25, 0.3) is 0 Å². The minimum atomic E-state index is -0.380. The van der Waals surface area contributed by atoms with Gasteiger partial charge >= 0.3 is 5.97 Å². The molecule has 20 heavy (non-hydrogen) atoms. The number of hydrogen-bond donors (Lipinski definition) is 1. The second-order valence-corrected chi connectivity index (χ2v) is 5.06. The molecule has 0 atom stereocenters. The second-order valence-electron chi connectivity index (χ2n) is 5.06. The Hall–Kier alpha value is -2.14. The van der Waals surface area contributed by atoms with Crippen molar-refractivity contribution in [2.75, 3.05) is 20.7 Å². The monoisotopic (exact) mass is 272 g/mol. The van der Waals surface area contributed by atoms with E-state index in [1.807, 2.05) is 7.05 Å². The van der Waals surface area contributed by atoms with E-state index in [1.54, 1.807) is 18.2 Å². The number of pyridine rings is 1. The summed E-state index contributed by atoms with van der Waals surface area (Å²) in [5.41, 5.74) is 2.77. The van der Waals surface area contributed by atoms with Gasteiger partial charge in [-0.3, -0.25) is 0 Å². The second kappa shape index (κ2) is 4.76. The van der Waals surface area contributed by atoms with Crippen LogP contribution in [0.1, 0.15) is 21.6 Å². The predicted molar refractivity (Wildman–Crippen MR) is 74.8 cm³/mol. The van der Waals surface area contributed by atoms with Crippen LogP contribution in [0, 0.1) is 0 Å². The number of phenols is 1. The molecule has 0 saturated carbocycles. The van der Waals surface area contributed by atoms with Crippen LogP contribution >= 0.6 is 0 Å². The van der Waals surface area contributed by atoms with Crippen LogP contribution in [0.25, 0.3) is 10.9 Å². The van der Waals surface area contributed by atoms with Crippen LogP contribution in [0.3, 0.4) is 0 Å². The molecule has 1 aromatic heterocycles. The molecule has 1 aliphatic heterocycles. The van der Waals surface area contributed by atoms with Gasteiger partial charge in [0.1, 0.15) is 11.3 Å². The van der Waals surface area contributed by atoms with Gasteiger partial charge in [0.15, 0.2) is 0 Å². The van der Waals surface area contributed by atoms with Crippen molar-refractivity contribution in [3.8, 4) is 5.75 Å². The zero-order valence-electron chi connectivity index (χ0n) is 11.5. The number of esters is 1. The Balaban J connectivity index is 2.37. The lowest BCUT2D eigenvalue weighted by molar-refractivity contribution is 0.0600. The lowest BCUT2D eigenvalue weighted by Crippen LogP contribution is -2.29. The Kier molecular flexibility index (Phi) is 3.06. The molecule has 0 amide bonds. The smallest absolute Gasteiger partial charge is 0.338 e. The fraction of sp³-hybridized carbons (Fsp3) is 0.333. The molecule has 2 aromatic rings. The number of hydrogen-bond acceptors (Lipinski definition) is 5. The third-order valence-electron chi connectivity index (χ3n) is 3.73. The Morgan fingerprint density at radius 3 is 3.00 bits per heavy atom. The fourth-order valence-corrected chi connectivity index (χ4v) is 2.72. The number of para-hydroxylation sites is 1. The molecule has 0 fully saturated rings. The first-order valence-electron chi connectivity index (χ1n) is 6.52. The molecular formula is C15H16N2O3. The molecule has 0 unspecified atom stereocenters. The summed E-state index contributed by atoms with van der Waals surface area (Å²) < 4.78 is 4.92. The van der Waals surface area contributed by atoms with Gasteiger partial charge in [-0.25, -0.2) is 9.78 Å². The SMILES string of the molecule is COC(=O)c1c2c(nc3c(O)cccc13)CCN(C)C2. The number of aromatic hydroxyl groups is 1. The number of aromatic nitrogens is 1. The molecule has 0 aliphatic carbocycles. The first-order chi connectivity index (χ1) is 9.61. The summed E-state index contributed by atoms with van der Waals surface area (Å²) in [5.74, 6) is -0.288. The molecule has 5 heteroatoms. The van der Waals surface area contributed by atoms with Crippen molar-refractivity contribution in [1.82, 2.24) is 9.88 Å². The van der Waals surface area contributed by atoms with Crippen LogP contribution in [0.5, 0.6) is 5.75 Å². The summed E-state index contributed by atoms with van der Waals surface area (Å²) >= 11 is 0. The van der Waals surface area contributed by atoms with Crippen LogP contribution in [-0.4, -0.2) is 41.7 Å². The maximum atomic E-state index is 12.2. The maximum absolute atomic E-state index is 12.2. The average molecular weight is 272 g/mol.